The van der Waals surface area contributed by atoms with Crippen LogP contribution in [-0.2, 0) is 11.3 Å². The van der Waals surface area contributed by atoms with Gasteiger partial charge >= 0.3 is 0 Å². The first-order valence-corrected chi connectivity index (χ1v) is 11.2. The highest BCUT2D eigenvalue weighted by Gasteiger charge is 2.41. The van der Waals surface area contributed by atoms with Crippen molar-refractivity contribution in [1.29, 1.82) is 0 Å². The molecule has 0 aliphatic carbocycles. The summed E-state index contributed by atoms with van der Waals surface area (Å²) >= 11 is 0. The molecule has 6 rings (SSSR count). The lowest BCUT2D eigenvalue weighted by Gasteiger charge is -2.47. The summed E-state index contributed by atoms with van der Waals surface area (Å²) in [5.41, 5.74) is 4.59. The predicted octanol–water partition coefficient (Wildman–Crippen LogP) is 4.82. The van der Waals surface area contributed by atoms with Crippen LogP contribution in [0.15, 0.2) is 67.0 Å². The Labute approximate surface area is 187 Å². The topological polar surface area (TPSA) is 63.3 Å². The van der Waals surface area contributed by atoms with Crippen LogP contribution in [0.5, 0.6) is 5.75 Å². The first-order chi connectivity index (χ1) is 15.8. The first kappa shape index (κ1) is 19.3. The van der Waals surface area contributed by atoms with E-state index in [9.17, 15) is 0 Å². The third-order valence-corrected chi connectivity index (χ3v) is 6.76. The average molecular weight is 427 g/mol. The van der Waals surface area contributed by atoms with Gasteiger partial charge < -0.3 is 19.4 Å². The van der Waals surface area contributed by atoms with Gasteiger partial charge in [-0.1, -0.05) is 30.3 Å². The number of H-pyrrole nitrogens is 1. The van der Waals surface area contributed by atoms with Crippen molar-refractivity contribution in [3.8, 4) is 17.0 Å². The fourth-order valence-electron chi connectivity index (χ4n) is 4.68. The number of hydrogen-bond donors (Lipinski definition) is 1. The highest BCUT2D eigenvalue weighted by Crippen LogP contribution is 2.40. The van der Waals surface area contributed by atoms with Crippen molar-refractivity contribution in [2.75, 3.05) is 31.2 Å². The van der Waals surface area contributed by atoms with Crippen molar-refractivity contribution in [2.24, 2.45) is 5.41 Å². The molecule has 4 heterocycles. The van der Waals surface area contributed by atoms with Gasteiger partial charge in [-0.2, -0.15) is 0 Å². The number of hydrogen-bond acceptors (Lipinski definition) is 5. The maximum absolute atomic E-state index is 5.92. The fraction of sp³-hybridized carbons (Fsp3) is 0.308. The van der Waals surface area contributed by atoms with E-state index in [1.54, 1.807) is 6.33 Å². The molecule has 6 heteroatoms. The van der Waals surface area contributed by atoms with Crippen LogP contribution in [-0.4, -0.2) is 41.3 Å². The maximum Gasteiger partial charge on any atom is 0.143 e. The summed E-state index contributed by atoms with van der Waals surface area (Å²) in [7, 11) is 0. The summed E-state index contributed by atoms with van der Waals surface area (Å²) in [5, 5.41) is 1.08. The van der Waals surface area contributed by atoms with Gasteiger partial charge in [-0.25, -0.2) is 9.97 Å². The molecule has 162 valence electrons. The van der Waals surface area contributed by atoms with E-state index >= 15 is 0 Å². The quantitative estimate of drug-likeness (QED) is 0.496. The molecule has 0 bridgehead atoms. The van der Waals surface area contributed by atoms with Crippen molar-refractivity contribution < 1.29 is 9.47 Å². The lowest BCUT2D eigenvalue weighted by atomic mass is 9.77. The number of fused-ring (bicyclic) bond motifs is 1. The third-order valence-electron chi connectivity index (χ3n) is 6.76. The van der Waals surface area contributed by atoms with Gasteiger partial charge in [-0.05, 0) is 54.3 Å². The molecule has 2 fully saturated rings. The Morgan fingerprint density at radius 1 is 0.969 bits per heavy atom. The Hall–Kier alpha value is -3.38. The molecule has 32 heavy (non-hydrogen) atoms. The van der Waals surface area contributed by atoms with Crippen molar-refractivity contribution >= 4 is 16.9 Å². The Morgan fingerprint density at radius 3 is 2.47 bits per heavy atom. The van der Waals surface area contributed by atoms with Crippen molar-refractivity contribution in [2.45, 2.75) is 19.4 Å². The van der Waals surface area contributed by atoms with Gasteiger partial charge in [0.05, 0.1) is 18.6 Å². The van der Waals surface area contributed by atoms with Crippen LogP contribution < -0.4 is 9.64 Å². The van der Waals surface area contributed by atoms with Crippen LogP contribution in [0.1, 0.15) is 18.4 Å². The minimum Gasteiger partial charge on any atom is -0.489 e. The second kappa shape index (κ2) is 7.95. The Balaban J connectivity index is 1.20. The highest BCUT2D eigenvalue weighted by atomic mass is 16.5. The number of benzene rings is 2. The van der Waals surface area contributed by atoms with E-state index in [2.05, 4.69) is 50.2 Å². The summed E-state index contributed by atoms with van der Waals surface area (Å²) in [5.74, 6) is 1.88. The molecule has 1 spiro atoms. The Morgan fingerprint density at radius 2 is 1.75 bits per heavy atom. The van der Waals surface area contributed by atoms with Crippen LogP contribution in [0.2, 0.25) is 0 Å². The van der Waals surface area contributed by atoms with Gasteiger partial charge in [0.25, 0.3) is 0 Å². The zero-order valence-electron chi connectivity index (χ0n) is 18.0. The number of aromatic nitrogens is 3. The van der Waals surface area contributed by atoms with E-state index in [4.69, 9.17) is 9.47 Å². The van der Waals surface area contributed by atoms with E-state index in [0.717, 1.165) is 65.7 Å². The van der Waals surface area contributed by atoms with Crippen LogP contribution >= 0.6 is 0 Å². The second-order valence-electron chi connectivity index (χ2n) is 8.92. The largest absolute Gasteiger partial charge is 0.489 e. The maximum atomic E-state index is 5.92. The van der Waals surface area contributed by atoms with Crippen molar-refractivity contribution in [1.82, 2.24) is 15.0 Å². The Bertz CT molecular complexity index is 1210. The molecule has 2 saturated heterocycles. The second-order valence-corrected chi connectivity index (χ2v) is 8.92. The molecule has 0 atom stereocenters. The normalized spacial score (nSPS) is 17.4. The molecule has 4 aromatic rings. The lowest BCUT2D eigenvalue weighted by Crippen LogP contribution is -2.51. The van der Waals surface area contributed by atoms with E-state index < -0.39 is 0 Å². The number of piperidine rings is 1. The molecule has 2 aliphatic rings. The minimum atomic E-state index is 0.413. The van der Waals surface area contributed by atoms with Gasteiger partial charge in [0, 0.05) is 24.2 Å². The standard InChI is InChI=1S/C26H26N4O2/c1-2-4-19(5-3-1)15-32-21-8-6-20(7-9-21)23-14-22-24(29-23)27-18-28-25(22)30-12-10-26(11-13-30)16-31-17-26/h1-9,14,18H,10-13,15-17H2,(H,27,28,29). The molecule has 6 nitrogen and oxygen atoms in total. The molecular weight excluding hydrogens is 400 g/mol. The third kappa shape index (κ3) is 3.60. The summed E-state index contributed by atoms with van der Waals surface area (Å²) in [6.07, 6.45) is 4.00. The molecule has 0 amide bonds. The van der Waals surface area contributed by atoms with Gasteiger partial charge in [0.2, 0.25) is 0 Å². The van der Waals surface area contributed by atoms with Crippen molar-refractivity contribution in [3.63, 3.8) is 0 Å². The number of nitrogens with one attached hydrogen (secondary N) is 1. The summed E-state index contributed by atoms with van der Waals surface area (Å²) in [6, 6.07) is 20.6. The van der Waals surface area contributed by atoms with Crippen LogP contribution in [0.25, 0.3) is 22.3 Å². The minimum absolute atomic E-state index is 0.413. The lowest BCUT2D eigenvalue weighted by molar-refractivity contribution is -0.124. The van der Waals surface area contributed by atoms with Gasteiger partial charge in [0.15, 0.2) is 0 Å². The summed E-state index contributed by atoms with van der Waals surface area (Å²) in [4.78, 5) is 15.0. The zero-order valence-corrected chi connectivity index (χ0v) is 18.0. The average Bonchev–Trinajstić information content (AvgIpc) is 3.27. The Kier molecular flexibility index (Phi) is 4.80. The van der Waals surface area contributed by atoms with Crippen LogP contribution in [0, 0.1) is 5.41 Å². The van der Waals surface area contributed by atoms with Gasteiger partial charge in [-0.15, -0.1) is 0 Å². The number of aromatic amines is 1. The van der Waals surface area contributed by atoms with E-state index in [1.807, 2.05) is 30.3 Å². The molecule has 2 aliphatic heterocycles. The van der Waals surface area contributed by atoms with Gasteiger partial charge in [0.1, 0.15) is 30.1 Å². The van der Waals surface area contributed by atoms with E-state index in [0.29, 0.717) is 12.0 Å². The number of nitrogens with zero attached hydrogens (tertiary/aromatic N) is 3. The molecule has 0 radical (unpaired) electrons. The van der Waals surface area contributed by atoms with Crippen LogP contribution in [0.4, 0.5) is 5.82 Å². The molecular formula is C26H26N4O2. The first-order valence-electron chi connectivity index (χ1n) is 11.2. The number of anilines is 1. The molecule has 1 N–H and O–H groups in total. The van der Waals surface area contributed by atoms with Gasteiger partial charge in [-0.3, -0.25) is 0 Å². The summed E-state index contributed by atoms with van der Waals surface area (Å²) < 4.78 is 11.4. The predicted molar refractivity (Wildman–Crippen MR) is 125 cm³/mol. The number of ether oxygens (including phenoxy) is 2. The number of rotatable bonds is 5. The van der Waals surface area contributed by atoms with E-state index in [-0.39, 0.29) is 0 Å². The molecule has 2 aromatic heterocycles. The van der Waals surface area contributed by atoms with E-state index in [1.165, 1.54) is 12.8 Å². The summed E-state index contributed by atoms with van der Waals surface area (Å²) in [6.45, 7) is 4.43. The highest BCUT2D eigenvalue weighted by molar-refractivity contribution is 5.92. The smallest absolute Gasteiger partial charge is 0.143 e. The molecule has 2 aromatic carbocycles. The molecule has 0 saturated carbocycles. The van der Waals surface area contributed by atoms with Crippen LogP contribution in [0.3, 0.4) is 0 Å². The molecule has 0 unspecified atom stereocenters. The fourth-order valence-corrected chi connectivity index (χ4v) is 4.68. The monoisotopic (exact) mass is 426 g/mol. The zero-order chi connectivity index (χ0) is 21.4. The SMILES string of the molecule is c1ccc(COc2ccc(-c3cc4c(N5CCC6(CC5)COC6)ncnc4[nH]3)cc2)cc1. The van der Waals surface area contributed by atoms with Crippen molar-refractivity contribution in [3.05, 3.63) is 72.6 Å².